The molecule has 0 radical (unpaired) electrons. The highest BCUT2D eigenvalue weighted by atomic mass is 35.5. The van der Waals surface area contributed by atoms with Crippen LogP contribution in [0.25, 0.3) is 11.3 Å². The minimum atomic E-state index is 0.384. The van der Waals surface area contributed by atoms with Gasteiger partial charge >= 0.3 is 0 Å². The summed E-state index contributed by atoms with van der Waals surface area (Å²) in [5.74, 6) is 3.10. The van der Waals surface area contributed by atoms with E-state index in [2.05, 4.69) is 54.6 Å². The summed E-state index contributed by atoms with van der Waals surface area (Å²) in [5, 5.41) is 18.4. The van der Waals surface area contributed by atoms with Crippen LogP contribution in [0.3, 0.4) is 0 Å². The second-order valence-corrected chi connectivity index (χ2v) is 10.6. The van der Waals surface area contributed by atoms with Crippen molar-refractivity contribution in [1.82, 2.24) is 29.9 Å². The molecule has 0 amide bonds. The van der Waals surface area contributed by atoms with Gasteiger partial charge < -0.3 is 9.30 Å². The average Bonchev–Trinajstić information content (AvgIpc) is 3.55. The fraction of sp³-hybridized carbons (Fsp3) is 0.321. The number of benzene rings is 2. The quantitative estimate of drug-likeness (QED) is 0.193. The standard InChI is InChI=1S/C28H31ClN6OS/c1-3-13-35-27(32-33-28(35)37-19-20-5-4-6-24(29)16-20)22-11-14-34(15-12-22)18-23-17-30-31-26(23)21-7-9-25(36-2)10-8-21/h3-10,16-17,22H,1,11-15,18-19H2,2H3,(H,30,31). The van der Waals surface area contributed by atoms with Crippen LogP contribution in [0.5, 0.6) is 5.75 Å². The van der Waals surface area contributed by atoms with Gasteiger partial charge in [0.05, 0.1) is 19.0 Å². The van der Waals surface area contributed by atoms with Gasteiger partial charge in [-0.05, 0) is 67.9 Å². The monoisotopic (exact) mass is 534 g/mol. The van der Waals surface area contributed by atoms with E-state index in [1.165, 1.54) is 11.1 Å². The lowest BCUT2D eigenvalue weighted by atomic mass is 9.95. The number of rotatable bonds is 10. The molecule has 1 saturated heterocycles. The summed E-state index contributed by atoms with van der Waals surface area (Å²) in [6.45, 7) is 7.54. The van der Waals surface area contributed by atoms with Crippen LogP contribution in [0, 0.1) is 0 Å². The molecule has 192 valence electrons. The molecule has 0 unspecified atom stereocenters. The largest absolute Gasteiger partial charge is 0.497 e. The van der Waals surface area contributed by atoms with Gasteiger partial charge in [-0.2, -0.15) is 5.10 Å². The number of piperidine rings is 1. The molecule has 1 fully saturated rings. The molecule has 37 heavy (non-hydrogen) atoms. The van der Waals surface area contributed by atoms with Gasteiger partial charge in [0, 0.05) is 40.9 Å². The summed E-state index contributed by atoms with van der Waals surface area (Å²) in [6, 6.07) is 16.1. The predicted octanol–water partition coefficient (Wildman–Crippen LogP) is 6.19. The Morgan fingerprint density at radius 1 is 1.16 bits per heavy atom. The van der Waals surface area contributed by atoms with Crippen molar-refractivity contribution in [3.63, 3.8) is 0 Å². The lowest BCUT2D eigenvalue weighted by Crippen LogP contribution is -2.33. The van der Waals surface area contributed by atoms with Gasteiger partial charge in [0.15, 0.2) is 5.16 Å². The van der Waals surface area contributed by atoms with E-state index in [1.807, 2.05) is 42.6 Å². The number of likely N-dealkylation sites (tertiary alicyclic amines) is 1. The minimum Gasteiger partial charge on any atom is -0.497 e. The van der Waals surface area contributed by atoms with Crippen LogP contribution >= 0.6 is 23.4 Å². The molecule has 0 bridgehead atoms. The molecule has 0 spiro atoms. The molecule has 7 nitrogen and oxygen atoms in total. The minimum absolute atomic E-state index is 0.384. The lowest BCUT2D eigenvalue weighted by Gasteiger charge is -2.31. The number of halogens is 1. The van der Waals surface area contributed by atoms with Gasteiger partial charge in [0.1, 0.15) is 11.6 Å². The molecule has 5 rings (SSSR count). The lowest BCUT2D eigenvalue weighted by molar-refractivity contribution is 0.200. The fourth-order valence-corrected chi connectivity index (χ4v) is 5.92. The fourth-order valence-electron chi connectivity index (χ4n) is 4.81. The van der Waals surface area contributed by atoms with Crippen LogP contribution in [0.4, 0.5) is 0 Å². The molecule has 2 aromatic heterocycles. The molecule has 1 aliphatic heterocycles. The molecular formula is C28H31ClN6OS. The third-order valence-corrected chi connectivity index (χ3v) is 8.03. The highest BCUT2D eigenvalue weighted by Gasteiger charge is 2.27. The average molecular weight is 535 g/mol. The summed E-state index contributed by atoms with van der Waals surface area (Å²) >= 11 is 7.84. The number of hydrogen-bond acceptors (Lipinski definition) is 6. The van der Waals surface area contributed by atoms with Gasteiger partial charge in [-0.1, -0.05) is 41.6 Å². The van der Waals surface area contributed by atoms with Crippen LogP contribution in [0.15, 0.2) is 72.5 Å². The molecule has 2 aromatic carbocycles. The third-order valence-electron chi connectivity index (χ3n) is 6.76. The van der Waals surface area contributed by atoms with Crippen LogP contribution in [-0.4, -0.2) is 50.1 Å². The van der Waals surface area contributed by atoms with Crippen LogP contribution in [-0.2, 0) is 18.8 Å². The number of aromatic amines is 1. The smallest absolute Gasteiger partial charge is 0.191 e. The van der Waals surface area contributed by atoms with Crippen molar-refractivity contribution in [2.75, 3.05) is 20.2 Å². The Bertz CT molecular complexity index is 1330. The van der Waals surface area contributed by atoms with Gasteiger partial charge in [-0.15, -0.1) is 16.8 Å². The number of hydrogen-bond donors (Lipinski definition) is 1. The summed E-state index contributed by atoms with van der Waals surface area (Å²) < 4.78 is 7.51. The van der Waals surface area contributed by atoms with Crippen LogP contribution in [0.2, 0.25) is 5.02 Å². The molecular weight excluding hydrogens is 504 g/mol. The zero-order valence-electron chi connectivity index (χ0n) is 20.9. The Hall–Kier alpha value is -3.07. The summed E-state index contributed by atoms with van der Waals surface area (Å²) in [4.78, 5) is 2.50. The number of nitrogens with one attached hydrogen (secondary N) is 1. The molecule has 0 atom stereocenters. The third kappa shape index (κ3) is 6.09. The SMILES string of the molecule is C=CCn1c(SCc2cccc(Cl)c2)nnc1C1CCN(Cc2cn[nH]c2-c2ccc(OC)cc2)CC1. The molecule has 3 heterocycles. The maximum Gasteiger partial charge on any atom is 0.191 e. The molecule has 4 aromatic rings. The van der Waals surface area contributed by atoms with Crippen molar-refractivity contribution in [1.29, 1.82) is 0 Å². The highest BCUT2D eigenvalue weighted by molar-refractivity contribution is 7.98. The van der Waals surface area contributed by atoms with Crippen molar-refractivity contribution in [2.24, 2.45) is 0 Å². The van der Waals surface area contributed by atoms with E-state index in [9.17, 15) is 0 Å². The Labute approximate surface area is 226 Å². The molecule has 0 saturated carbocycles. The first kappa shape index (κ1) is 25.6. The molecule has 0 aliphatic carbocycles. The van der Waals surface area contributed by atoms with E-state index in [0.717, 1.165) is 71.2 Å². The van der Waals surface area contributed by atoms with Crippen molar-refractivity contribution >= 4 is 23.4 Å². The summed E-state index contributed by atoms with van der Waals surface area (Å²) in [5.41, 5.74) is 4.56. The van der Waals surface area contributed by atoms with Crippen LogP contribution < -0.4 is 4.74 Å². The topological polar surface area (TPSA) is 71.9 Å². The predicted molar refractivity (Wildman–Crippen MR) is 149 cm³/mol. The maximum absolute atomic E-state index is 6.15. The van der Waals surface area contributed by atoms with E-state index in [1.54, 1.807) is 18.9 Å². The Morgan fingerprint density at radius 2 is 1.97 bits per heavy atom. The number of aromatic nitrogens is 5. The second kappa shape index (κ2) is 12.0. The first-order chi connectivity index (χ1) is 18.1. The van der Waals surface area contributed by atoms with E-state index in [4.69, 9.17) is 16.3 Å². The zero-order chi connectivity index (χ0) is 25.6. The first-order valence-corrected chi connectivity index (χ1v) is 13.8. The molecule has 1 N–H and O–H groups in total. The van der Waals surface area contributed by atoms with Crippen molar-refractivity contribution in [3.05, 3.63) is 89.4 Å². The van der Waals surface area contributed by atoms with E-state index < -0.39 is 0 Å². The Morgan fingerprint density at radius 3 is 2.70 bits per heavy atom. The molecule has 9 heteroatoms. The number of ether oxygens (including phenoxy) is 1. The van der Waals surface area contributed by atoms with Gasteiger partial charge in [0.25, 0.3) is 0 Å². The van der Waals surface area contributed by atoms with Crippen molar-refractivity contribution in [2.45, 2.75) is 42.8 Å². The zero-order valence-corrected chi connectivity index (χ0v) is 22.5. The molecule has 1 aliphatic rings. The summed E-state index contributed by atoms with van der Waals surface area (Å²) in [6.07, 6.45) is 5.95. The number of nitrogens with zero attached hydrogens (tertiary/aromatic N) is 5. The van der Waals surface area contributed by atoms with Gasteiger partial charge in [-0.3, -0.25) is 10.00 Å². The Balaban J connectivity index is 1.22. The normalized spacial score (nSPS) is 14.6. The number of thioether (sulfide) groups is 1. The van der Waals surface area contributed by atoms with Crippen molar-refractivity contribution < 1.29 is 4.74 Å². The van der Waals surface area contributed by atoms with E-state index in [0.29, 0.717) is 12.5 Å². The van der Waals surface area contributed by atoms with E-state index >= 15 is 0 Å². The number of methoxy groups -OCH3 is 1. The van der Waals surface area contributed by atoms with Crippen molar-refractivity contribution in [3.8, 4) is 17.0 Å². The van der Waals surface area contributed by atoms with Crippen LogP contribution in [0.1, 0.15) is 35.7 Å². The summed E-state index contributed by atoms with van der Waals surface area (Å²) in [7, 11) is 1.68. The van der Waals surface area contributed by atoms with E-state index in [-0.39, 0.29) is 0 Å². The first-order valence-electron chi connectivity index (χ1n) is 12.4. The van der Waals surface area contributed by atoms with Gasteiger partial charge in [-0.25, -0.2) is 0 Å². The second-order valence-electron chi connectivity index (χ2n) is 9.21. The Kier molecular flexibility index (Phi) is 8.28. The number of H-pyrrole nitrogens is 1. The number of allylic oxidation sites excluding steroid dienone is 1. The highest BCUT2D eigenvalue weighted by Crippen LogP contribution is 2.32. The maximum atomic E-state index is 6.15. The van der Waals surface area contributed by atoms with Gasteiger partial charge in [0.2, 0.25) is 0 Å².